The van der Waals surface area contributed by atoms with E-state index >= 15 is 0 Å². The topological polar surface area (TPSA) is 206 Å². The van der Waals surface area contributed by atoms with E-state index in [2.05, 4.69) is 16.0 Å². The number of carbonyl (C=O) groups is 5. The van der Waals surface area contributed by atoms with Gasteiger partial charge in [0.2, 0.25) is 23.6 Å². The zero-order valence-corrected chi connectivity index (χ0v) is 31.8. The van der Waals surface area contributed by atoms with E-state index < -0.39 is 59.9 Å². The molecule has 3 aromatic rings. The molecule has 3 aromatic carbocycles. The number of aromatic hydroxyl groups is 1. The van der Waals surface area contributed by atoms with Gasteiger partial charge in [0.05, 0.1) is 24.8 Å². The van der Waals surface area contributed by atoms with E-state index in [1.54, 1.807) is 12.1 Å². The van der Waals surface area contributed by atoms with Crippen LogP contribution in [0.2, 0.25) is 0 Å². The Hall–Kier alpha value is -5.11. The van der Waals surface area contributed by atoms with Gasteiger partial charge in [-0.3, -0.25) is 24.0 Å². The van der Waals surface area contributed by atoms with Gasteiger partial charge in [-0.25, -0.2) is 0 Å². The van der Waals surface area contributed by atoms with Gasteiger partial charge >= 0.3 is 0 Å². The molecule has 1 aliphatic rings. The van der Waals surface area contributed by atoms with Crippen LogP contribution < -0.4 is 27.4 Å². The van der Waals surface area contributed by atoms with Crippen LogP contribution in [0.5, 0.6) is 5.75 Å². The van der Waals surface area contributed by atoms with Crippen molar-refractivity contribution < 1.29 is 33.8 Å². The molecule has 4 rings (SSSR count). The Morgan fingerprint density at radius 3 is 2.04 bits per heavy atom. The summed E-state index contributed by atoms with van der Waals surface area (Å²) in [6.07, 6.45) is 2.78. The third kappa shape index (κ3) is 13.3. The Bertz CT molecular complexity index is 1690. The highest BCUT2D eigenvalue weighted by atomic mass is 16.5. The maximum atomic E-state index is 14.6. The summed E-state index contributed by atoms with van der Waals surface area (Å²) in [6.45, 7) is 4.28. The van der Waals surface area contributed by atoms with Gasteiger partial charge in [-0.15, -0.1) is 0 Å². The maximum Gasteiger partial charge on any atom is 0.246 e. The van der Waals surface area contributed by atoms with Crippen molar-refractivity contribution >= 4 is 29.4 Å². The first-order valence-corrected chi connectivity index (χ1v) is 19.2. The number of rotatable bonds is 21. The first-order chi connectivity index (χ1) is 26.5. The summed E-state index contributed by atoms with van der Waals surface area (Å²) in [7, 11) is 0. The first kappa shape index (κ1) is 42.6. The third-order valence-electron chi connectivity index (χ3n) is 9.74. The lowest BCUT2D eigenvalue weighted by Crippen LogP contribution is -2.59. The molecule has 1 heterocycles. The number of carbonyl (C=O) groups excluding carboxylic acids is 5. The first-order valence-electron chi connectivity index (χ1n) is 19.2. The fraction of sp³-hybridized carbons (Fsp3) is 0.452. The van der Waals surface area contributed by atoms with Crippen molar-refractivity contribution in [1.82, 2.24) is 20.9 Å². The van der Waals surface area contributed by atoms with Crippen LogP contribution in [0, 0.1) is 0 Å². The van der Waals surface area contributed by atoms with Gasteiger partial charge in [0.15, 0.2) is 5.78 Å². The van der Waals surface area contributed by atoms with E-state index in [0.29, 0.717) is 38.0 Å². The van der Waals surface area contributed by atoms with Gasteiger partial charge in [0.1, 0.15) is 23.9 Å². The lowest BCUT2D eigenvalue weighted by atomic mass is 10.0. The number of unbranched alkanes of at least 4 members (excludes halogenated alkanes) is 1. The number of amides is 4. The number of nitrogens with zero attached hydrogens (tertiary/aromatic N) is 1. The van der Waals surface area contributed by atoms with Crippen molar-refractivity contribution in [3.63, 3.8) is 0 Å². The highest BCUT2D eigenvalue weighted by Gasteiger charge is 2.42. The molecule has 0 spiro atoms. The van der Waals surface area contributed by atoms with E-state index in [0.717, 1.165) is 24.0 Å². The number of nitrogens with two attached hydrogens (primary N) is 2. The van der Waals surface area contributed by atoms with Crippen LogP contribution in [-0.4, -0.2) is 88.8 Å². The van der Waals surface area contributed by atoms with E-state index in [1.807, 2.05) is 67.6 Å². The van der Waals surface area contributed by atoms with Crippen LogP contribution in [0.15, 0.2) is 84.9 Å². The van der Waals surface area contributed by atoms with Crippen LogP contribution >= 0.6 is 0 Å². The smallest absolute Gasteiger partial charge is 0.246 e. The van der Waals surface area contributed by atoms with Crippen molar-refractivity contribution in [1.29, 1.82) is 0 Å². The number of Topliss-reactive ketones (excluding diaryl/α,β-unsaturated/α-hetero) is 1. The molecule has 55 heavy (non-hydrogen) atoms. The summed E-state index contributed by atoms with van der Waals surface area (Å²) < 4.78 is 6.21. The average molecular weight is 757 g/mol. The molecule has 8 N–H and O–H groups in total. The van der Waals surface area contributed by atoms with Gasteiger partial charge in [-0.05, 0) is 55.1 Å². The standard InChI is InChI=1S/C42H56N6O7/c1-3-4-16-34(44)40(52)45-28(2)39(51)46-35(23-30-18-20-32(49)21-19-30)41(53)47-36(24-29-12-7-5-8-13-29)42(54)48-26-33(25-37(48)38(50)17-11-22-43)55-27-31-14-9-6-10-15-31/h5-10,12-15,18-21,28,33-37,49H,3-4,11,16-17,22-27,43-44H2,1-2H3,(H,45,52)(H,46,51)(H,47,53)/t28-,33+,34-,35-,36+,37?/m0/s1. The number of hydrogen-bond donors (Lipinski definition) is 6. The van der Waals surface area contributed by atoms with Crippen molar-refractivity contribution in [3.8, 4) is 5.75 Å². The molecule has 296 valence electrons. The second-order valence-electron chi connectivity index (χ2n) is 14.2. The number of hydrogen-bond acceptors (Lipinski definition) is 9. The van der Waals surface area contributed by atoms with Crippen molar-refractivity contribution in [2.75, 3.05) is 13.1 Å². The second-order valence-corrected chi connectivity index (χ2v) is 14.2. The predicted octanol–water partition coefficient (Wildman–Crippen LogP) is 2.66. The van der Waals surface area contributed by atoms with Gasteiger partial charge < -0.3 is 42.2 Å². The van der Waals surface area contributed by atoms with Gasteiger partial charge in [-0.1, -0.05) is 92.6 Å². The molecule has 1 fully saturated rings. The Morgan fingerprint density at radius 2 is 1.40 bits per heavy atom. The molecule has 1 aliphatic heterocycles. The lowest BCUT2D eigenvalue weighted by molar-refractivity contribution is -0.141. The summed E-state index contributed by atoms with van der Waals surface area (Å²) >= 11 is 0. The second kappa shape index (κ2) is 21.7. The van der Waals surface area contributed by atoms with Crippen molar-refractivity contribution in [2.24, 2.45) is 11.5 Å². The highest BCUT2D eigenvalue weighted by Crippen LogP contribution is 2.25. The number of nitrogens with one attached hydrogen (secondary N) is 3. The fourth-order valence-corrected chi connectivity index (χ4v) is 6.54. The van der Waals surface area contributed by atoms with E-state index in [9.17, 15) is 29.1 Å². The summed E-state index contributed by atoms with van der Waals surface area (Å²) in [5.74, 6) is -2.29. The molecule has 6 atom stereocenters. The molecule has 13 nitrogen and oxygen atoms in total. The van der Waals surface area contributed by atoms with Gasteiger partial charge in [0.25, 0.3) is 0 Å². The van der Waals surface area contributed by atoms with Gasteiger partial charge in [-0.2, -0.15) is 0 Å². The number of ketones is 1. The van der Waals surface area contributed by atoms with Crippen LogP contribution in [0.25, 0.3) is 0 Å². The summed E-state index contributed by atoms with van der Waals surface area (Å²) in [6, 6.07) is 20.2. The molecule has 0 bridgehead atoms. The SMILES string of the molecule is CCCC[C@H](N)C(=O)N[C@@H](C)C(=O)N[C@@H](Cc1ccc(O)cc1)C(=O)N[C@H](Cc1ccccc1)C(=O)N1C[C@H](OCc2ccccc2)CC1C(=O)CCCN. The van der Waals surface area contributed by atoms with Crippen LogP contribution in [0.4, 0.5) is 0 Å². The Morgan fingerprint density at radius 1 is 0.800 bits per heavy atom. The quantitative estimate of drug-likeness (QED) is 0.0944. The van der Waals surface area contributed by atoms with Gasteiger partial charge in [0, 0.05) is 32.2 Å². The molecule has 1 unspecified atom stereocenters. The van der Waals surface area contributed by atoms with Crippen LogP contribution in [-0.2, 0) is 48.2 Å². The van der Waals surface area contributed by atoms with Crippen LogP contribution in [0.3, 0.4) is 0 Å². The molecule has 4 amide bonds. The average Bonchev–Trinajstić information content (AvgIpc) is 3.63. The minimum Gasteiger partial charge on any atom is -0.508 e. The zero-order chi connectivity index (χ0) is 39.7. The molecule has 0 saturated carbocycles. The lowest BCUT2D eigenvalue weighted by Gasteiger charge is -2.30. The number of ether oxygens (including phenoxy) is 1. The number of phenolic OH excluding ortho intramolecular Hbond substituents is 1. The minimum atomic E-state index is -1.18. The Labute approximate surface area is 323 Å². The molecule has 1 saturated heterocycles. The monoisotopic (exact) mass is 756 g/mol. The molecule has 13 heteroatoms. The van der Waals surface area contributed by atoms with E-state index in [-0.39, 0.29) is 37.3 Å². The van der Waals surface area contributed by atoms with Crippen molar-refractivity contribution in [2.45, 2.75) is 108 Å². The van der Waals surface area contributed by atoms with E-state index in [1.165, 1.54) is 24.0 Å². The predicted molar refractivity (Wildman–Crippen MR) is 209 cm³/mol. The summed E-state index contributed by atoms with van der Waals surface area (Å²) in [5.41, 5.74) is 14.1. The minimum absolute atomic E-state index is 0.0140. The molecule has 0 aromatic heterocycles. The zero-order valence-electron chi connectivity index (χ0n) is 31.8. The van der Waals surface area contributed by atoms with Crippen LogP contribution in [0.1, 0.15) is 69.1 Å². The number of likely N-dealkylation sites (tertiary alicyclic amines) is 1. The normalized spacial score (nSPS) is 17.4. The third-order valence-corrected chi connectivity index (χ3v) is 9.74. The largest absolute Gasteiger partial charge is 0.508 e. The Balaban J connectivity index is 1.58. The van der Waals surface area contributed by atoms with Crippen molar-refractivity contribution in [3.05, 3.63) is 102 Å². The summed E-state index contributed by atoms with van der Waals surface area (Å²) in [4.78, 5) is 70.1. The molecular weight excluding hydrogens is 700 g/mol. The molecule has 0 radical (unpaired) electrons. The molecule has 0 aliphatic carbocycles. The maximum absolute atomic E-state index is 14.6. The summed E-state index contributed by atoms with van der Waals surface area (Å²) in [5, 5.41) is 18.2. The fourth-order valence-electron chi connectivity index (χ4n) is 6.54. The molecular formula is C42H56N6O7. The highest BCUT2D eigenvalue weighted by molar-refractivity contribution is 5.96. The number of benzene rings is 3. The Kier molecular flexibility index (Phi) is 16.8. The number of phenols is 1. The van der Waals surface area contributed by atoms with E-state index in [4.69, 9.17) is 16.2 Å².